The number of hydrogen-bond acceptors (Lipinski definition) is 2. The van der Waals surface area contributed by atoms with Crippen molar-refractivity contribution >= 4 is 40.7 Å². The number of carbonyl (C=O) groups is 2. The zero-order valence-electron chi connectivity index (χ0n) is 12.6. The van der Waals surface area contributed by atoms with E-state index in [9.17, 15) is 9.59 Å². The number of alkyl halides is 2. The maximum atomic E-state index is 12.5. The van der Waals surface area contributed by atoms with Gasteiger partial charge in [-0.15, -0.1) is 0 Å². The van der Waals surface area contributed by atoms with Crippen LogP contribution in [0.2, 0.25) is 0 Å². The predicted molar refractivity (Wildman–Crippen MR) is 87.5 cm³/mol. The fourth-order valence-corrected chi connectivity index (χ4v) is 3.74. The van der Waals surface area contributed by atoms with Crippen molar-refractivity contribution in [2.24, 2.45) is 5.41 Å². The van der Waals surface area contributed by atoms with Gasteiger partial charge in [0.1, 0.15) is 0 Å². The minimum Gasteiger partial charge on any atom is -0.345 e. The van der Waals surface area contributed by atoms with E-state index in [-0.39, 0.29) is 17.2 Å². The van der Waals surface area contributed by atoms with Gasteiger partial charge in [0.05, 0.1) is 0 Å². The highest BCUT2D eigenvalue weighted by molar-refractivity contribution is 6.59. The van der Waals surface area contributed by atoms with E-state index < -0.39 is 4.33 Å². The van der Waals surface area contributed by atoms with Crippen molar-refractivity contribution in [2.75, 3.05) is 25.5 Å². The van der Waals surface area contributed by atoms with Gasteiger partial charge in [-0.1, -0.05) is 23.2 Å². The van der Waals surface area contributed by atoms with Crippen molar-refractivity contribution in [1.29, 1.82) is 0 Å². The van der Waals surface area contributed by atoms with Crippen molar-refractivity contribution in [3.05, 3.63) is 29.8 Å². The molecule has 118 valence electrons. The lowest BCUT2D eigenvalue weighted by atomic mass is 9.93. The number of hydrogen-bond donors (Lipinski definition) is 0. The lowest BCUT2D eigenvalue weighted by Gasteiger charge is -2.39. The zero-order valence-corrected chi connectivity index (χ0v) is 14.1. The number of rotatable bonds is 2. The van der Waals surface area contributed by atoms with Crippen LogP contribution in [-0.2, 0) is 4.79 Å². The van der Waals surface area contributed by atoms with Gasteiger partial charge in [0.25, 0.3) is 11.8 Å². The monoisotopic (exact) mass is 340 g/mol. The maximum Gasteiger partial charge on any atom is 0.263 e. The van der Waals surface area contributed by atoms with E-state index in [4.69, 9.17) is 23.2 Å². The number of anilines is 1. The Balaban J connectivity index is 1.87. The van der Waals surface area contributed by atoms with Crippen LogP contribution in [0.5, 0.6) is 0 Å². The molecule has 1 aliphatic heterocycles. The quantitative estimate of drug-likeness (QED) is 0.776. The largest absolute Gasteiger partial charge is 0.345 e. The second kappa shape index (κ2) is 5.14. The molecule has 0 radical (unpaired) electrons. The van der Waals surface area contributed by atoms with E-state index in [1.165, 1.54) is 4.90 Å². The van der Waals surface area contributed by atoms with Crippen LogP contribution in [0.3, 0.4) is 0 Å². The molecule has 0 bridgehead atoms. The van der Waals surface area contributed by atoms with E-state index in [2.05, 4.69) is 0 Å². The summed E-state index contributed by atoms with van der Waals surface area (Å²) in [7, 11) is 3.41. The number of amides is 2. The van der Waals surface area contributed by atoms with Gasteiger partial charge in [-0.3, -0.25) is 9.59 Å². The van der Waals surface area contributed by atoms with E-state index in [0.29, 0.717) is 18.5 Å². The van der Waals surface area contributed by atoms with Crippen LogP contribution in [-0.4, -0.2) is 41.7 Å². The summed E-state index contributed by atoms with van der Waals surface area (Å²) in [5.41, 5.74) is 1.38. The number of halogens is 2. The first-order valence-electron chi connectivity index (χ1n) is 7.26. The second-order valence-electron chi connectivity index (χ2n) is 6.52. The molecule has 1 aromatic rings. The molecule has 6 heteroatoms. The molecule has 0 unspecified atom stereocenters. The third-order valence-electron chi connectivity index (χ3n) is 4.44. The van der Waals surface area contributed by atoms with Crippen molar-refractivity contribution in [3.63, 3.8) is 0 Å². The average molecular weight is 341 g/mol. The molecule has 1 spiro atoms. The van der Waals surface area contributed by atoms with Crippen molar-refractivity contribution in [1.82, 2.24) is 4.90 Å². The van der Waals surface area contributed by atoms with Crippen LogP contribution in [0.1, 0.15) is 29.6 Å². The molecule has 2 aliphatic rings. The summed E-state index contributed by atoms with van der Waals surface area (Å²) in [6.45, 7) is 0.647. The highest BCUT2D eigenvalue weighted by Crippen LogP contribution is 2.57. The molecule has 2 fully saturated rings. The Bertz CT molecular complexity index is 622. The molecule has 0 atom stereocenters. The first kappa shape index (κ1) is 15.6. The molecule has 1 aliphatic carbocycles. The highest BCUT2D eigenvalue weighted by atomic mass is 35.5. The maximum absolute atomic E-state index is 12.5. The molecular formula is C16H18Cl2N2O2. The molecule has 1 heterocycles. The standard InChI is InChI=1S/C16H18Cl2N2O2/c1-19(2)13(21)11-3-5-12(6-4-11)20-10-15(7-8-15)9-16(17,18)14(20)22/h3-6H,7-10H2,1-2H3. The van der Waals surface area contributed by atoms with Crippen molar-refractivity contribution < 1.29 is 9.59 Å². The average Bonchev–Trinajstić information content (AvgIpc) is 3.21. The molecule has 1 aromatic carbocycles. The topological polar surface area (TPSA) is 40.6 Å². The SMILES string of the molecule is CN(C)C(=O)c1ccc(N2CC3(CC3)CC(Cl)(Cl)C2=O)cc1. The molecule has 4 nitrogen and oxygen atoms in total. The van der Waals surface area contributed by atoms with E-state index in [1.807, 2.05) is 0 Å². The molecule has 2 amide bonds. The molecule has 1 saturated heterocycles. The third kappa shape index (κ3) is 2.70. The van der Waals surface area contributed by atoms with E-state index >= 15 is 0 Å². The lowest BCUT2D eigenvalue weighted by molar-refractivity contribution is -0.121. The fraction of sp³-hybridized carbons (Fsp3) is 0.500. The Morgan fingerprint density at radius 3 is 2.27 bits per heavy atom. The van der Waals surface area contributed by atoms with E-state index in [1.54, 1.807) is 43.3 Å². The fourth-order valence-electron chi connectivity index (χ4n) is 2.97. The number of nitrogens with zero attached hydrogens (tertiary/aromatic N) is 2. The molecule has 22 heavy (non-hydrogen) atoms. The Hall–Kier alpha value is -1.26. The summed E-state index contributed by atoms with van der Waals surface area (Å²) in [6.07, 6.45) is 2.62. The second-order valence-corrected chi connectivity index (χ2v) is 8.00. The minimum atomic E-state index is -1.35. The van der Waals surface area contributed by atoms with Crippen LogP contribution in [0.25, 0.3) is 0 Å². The zero-order chi connectivity index (χ0) is 16.1. The summed E-state index contributed by atoms with van der Waals surface area (Å²) in [4.78, 5) is 27.6. The Kier molecular flexibility index (Phi) is 3.65. The van der Waals surface area contributed by atoms with E-state index in [0.717, 1.165) is 18.5 Å². The first-order chi connectivity index (χ1) is 10.2. The van der Waals surface area contributed by atoms with Crippen LogP contribution in [0, 0.1) is 5.41 Å². The first-order valence-corrected chi connectivity index (χ1v) is 8.01. The molecule has 0 N–H and O–H groups in total. The molecule has 0 aromatic heterocycles. The van der Waals surface area contributed by atoms with Crippen LogP contribution in [0.4, 0.5) is 5.69 Å². The summed E-state index contributed by atoms with van der Waals surface area (Å²) in [5.74, 6) is -0.348. The van der Waals surface area contributed by atoms with Gasteiger partial charge in [-0.2, -0.15) is 0 Å². The minimum absolute atomic E-state index is 0.0650. The highest BCUT2D eigenvalue weighted by Gasteiger charge is 2.57. The van der Waals surface area contributed by atoms with Gasteiger partial charge in [0.15, 0.2) is 4.33 Å². The van der Waals surface area contributed by atoms with Gasteiger partial charge >= 0.3 is 0 Å². The Labute approximate surface area is 140 Å². The Morgan fingerprint density at radius 1 is 1.18 bits per heavy atom. The molecule has 1 saturated carbocycles. The van der Waals surface area contributed by atoms with Crippen LogP contribution >= 0.6 is 23.2 Å². The van der Waals surface area contributed by atoms with Gasteiger partial charge in [-0.05, 0) is 48.9 Å². The summed E-state index contributed by atoms with van der Waals surface area (Å²) in [6, 6.07) is 7.01. The number of carbonyl (C=O) groups excluding carboxylic acids is 2. The normalized spacial score (nSPS) is 21.8. The predicted octanol–water partition coefficient (Wildman–Crippen LogP) is 3.08. The summed E-state index contributed by atoms with van der Waals surface area (Å²) < 4.78 is -1.35. The van der Waals surface area contributed by atoms with Gasteiger partial charge in [0.2, 0.25) is 0 Å². The summed E-state index contributed by atoms with van der Waals surface area (Å²) >= 11 is 12.5. The van der Waals surface area contributed by atoms with Crippen molar-refractivity contribution in [3.8, 4) is 0 Å². The van der Waals surface area contributed by atoms with Crippen molar-refractivity contribution in [2.45, 2.75) is 23.6 Å². The third-order valence-corrected chi connectivity index (χ3v) is 5.03. The van der Waals surface area contributed by atoms with Gasteiger partial charge < -0.3 is 9.80 Å². The number of benzene rings is 1. The number of piperidine rings is 1. The van der Waals surface area contributed by atoms with Gasteiger partial charge in [0, 0.05) is 31.9 Å². The summed E-state index contributed by atoms with van der Waals surface area (Å²) in [5, 5.41) is 0. The van der Waals surface area contributed by atoms with Crippen LogP contribution < -0.4 is 4.90 Å². The Morgan fingerprint density at radius 2 is 1.77 bits per heavy atom. The van der Waals surface area contributed by atoms with Crippen LogP contribution in [0.15, 0.2) is 24.3 Å². The smallest absolute Gasteiger partial charge is 0.263 e. The molecule has 3 rings (SSSR count). The van der Waals surface area contributed by atoms with Gasteiger partial charge in [-0.25, -0.2) is 0 Å². The lowest BCUT2D eigenvalue weighted by Crippen LogP contribution is -2.52. The molecular weight excluding hydrogens is 323 g/mol.